The second-order valence-electron chi connectivity index (χ2n) is 4.51. The highest BCUT2D eigenvalue weighted by molar-refractivity contribution is 5.66. The van der Waals surface area contributed by atoms with Crippen LogP contribution in [0.3, 0.4) is 0 Å². The number of benzene rings is 1. The van der Waals surface area contributed by atoms with Crippen molar-refractivity contribution in [2.75, 3.05) is 27.9 Å². The molecule has 0 spiro atoms. The molecule has 1 aromatic rings. The summed E-state index contributed by atoms with van der Waals surface area (Å²) in [5.41, 5.74) is 0.984. The van der Waals surface area contributed by atoms with Crippen LogP contribution in [0.25, 0.3) is 6.08 Å². The van der Waals surface area contributed by atoms with Gasteiger partial charge in [-0.25, -0.2) is 0 Å². The number of ether oxygens (including phenoxy) is 3. The van der Waals surface area contributed by atoms with Crippen molar-refractivity contribution in [1.29, 1.82) is 0 Å². The third-order valence-electron chi connectivity index (χ3n) is 3.13. The first kappa shape index (κ1) is 13.7. The van der Waals surface area contributed by atoms with Crippen LogP contribution >= 0.6 is 0 Å². The van der Waals surface area contributed by atoms with Crippen molar-refractivity contribution >= 4 is 6.08 Å². The molecule has 1 saturated carbocycles. The molecule has 2 rings (SSSR count). The summed E-state index contributed by atoms with van der Waals surface area (Å²) in [6.07, 6.45) is 6.74. The van der Waals surface area contributed by atoms with Crippen molar-refractivity contribution in [1.82, 2.24) is 5.32 Å². The summed E-state index contributed by atoms with van der Waals surface area (Å²) in [6, 6.07) is 4.57. The lowest BCUT2D eigenvalue weighted by molar-refractivity contribution is 0.324. The molecule has 0 bridgehead atoms. The predicted molar refractivity (Wildman–Crippen MR) is 76.2 cm³/mol. The molecule has 0 aliphatic heterocycles. The third-order valence-corrected chi connectivity index (χ3v) is 3.13. The Hall–Kier alpha value is -1.68. The van der Waals surface area contributed by atoms with E-state index in [1.807, 2.05) is 18.2 Å². The van der Waals surface area contributed by atoms with Crippen molar-refractivity contribution in [3.05, 3.63) is 23.8 Å². The fraction of sp³-hybridized carbons (Fsp3) is 0.467. The molecule has 0 saturated heterocycles. The molecule has 0 atom stereocenters. The summed E-state index contributed by atoms with van der Waals surface area (Å²) >= 11 is 0. The molecule has 1 aromatic carbocycles. The van der Waals surface area contributed by atoms with Gasteiger partial charge < -0.3 is 19.5 Å². The average molecular weight is 263 g/mol. The Balaban J connectivity index is 2.13. The molecule has 0 heterocycles. The largest absolute Gasteiger partial charge is 0.493 e. The monoisotopic (exact) mass is 263 g/mol. The van der Waals surface area contributed by atoms with Gasteiger partial charge in [0.15, 0.2) is 11.5 Å². The standard InChI is InChI=1S/C15H21NO3/c1-17-13-9-6-11(14(18-2)15(13)19-3)5-4-10-16-12-7-8-12/h4-6,9,12,16H,7-8,10H2,1-3H3. The predicted octanol–water partition coefficient (Wildman–Crippen LogP) is 2.48. The maximum Gasteiger partial charge on any atom is 0.203 e. The number of nitrogens with one attached hydrogen (secondary N) is 1. The first-order valence-corrected chi connectivity index (χ1v) is 6.49. The van der Waals surface area contributed by atoms with Crippen molar-refractivity contribution in [3.63, 3.8) is 0 Å². The van der Waals surface area contributed by atoms with Gasteiger partial charge in [-0.05, 0) is 25.0 Å². The SMILES string of the molecule is COc1ccc(C=CCNC2CC2)c(OC)c1OC. The molecule has 4 heteroatoms. The fourth-order valence-electron chi connectivity index (χ4n) is 1.96. The molecule has 1 aliphatic rings. The zero-order chi connectivity index (χ0) is 13.7. The van der Waals surface area contributed by atoms with Crippen LogP contribution in [0.5, 0.6) is 17.2 Å². The molecule has 0 aromatic heterocycles. The van der Waals surface area contributed by atoms with Gasteiger partial charge in [0, 0.05) is 18.2 Å². The van der Waals surface area contributed by atoms with Crippen LogP contribution in [0, 0.1) is 0 Å². The van der Waals surface area contributed by atoms with E-state index in [4.69, 9.17) is 14.2 Å². The Morgan fingerprint density at radius 3 is 2.42 bits per heavy atom. The highest BCUT2D eigenvalue weighted by atomic mass is 16.5. The van der Waals surface area contributed by atoms with Gasteiger partial charge in [0.05, 0.1) is 21.3 Å². The molecule has 4 nitrogen and oxygen atoms in total. The van der Waals surface area contributed by atoms with Crippen LogP contribution in [0.2, 0.25) is 0 Å². The molecular weight excluding hydrogens is 242 g/mol. The van der Waals surface area contributed by atoms with Crippen molar-refractivity contribution < 1.29 is 14.2 Å². The molecule has 0 unspecified atom stereocenters. The zero-order valence-electron chi connectivity index (χ0n) is 11.7. The Kier molecular flexibility index (Phi) is 4.68. The van der Waals surface area contributed by atoms with E-state index in [1.165, 1.54) is 12.8 Å². The number of hydrogen-bond acceptors (Lipinski definition) is 4. The Bertz CT molecular complexity index is 453. The van der Waals surface area contributed by atoms with Gasteiger partial charge in [0.25, 0.3) is 0 Å². The molecule has 0 radical (unpaired) electrons. The normalized spacial score (nSPS) is 14.7. The van der Waals surface area contributed by atoms with E-state index in [9.17, 15) is 0 Å². The van der Waals surface area contributed by atoms with Crippen LogP contribution in [0.1, 0.15) is 18.4 Å². The smallest absolute Gasteiger partial charge is 0.203 e. The Morgan fingerprint density at radius 1 is 1.11 bits per heavy atom. The van der Waals surface area contributed by atoms with E-state index in [1.54, 1.807) is 21.3 Å². The minimum atomic E-state index is 0.627. The maximum absolute atomic E-state index is 5.42. The van der Waals surface area contributed by atoms with Crippen molar-refractivity contribution in [3.8, 4) is 17.2 Å². The number of hydrogen-bond donors (Lipinski definition) is 1. The molecule has 1 aliphatic carbocycles. The van der Waals surface area contributed by atoms with Gasteiger partial charge in [-0.15, -0.1) is 0 Å². The van der Waals surface area contributed by atoms with E-state index in [-0.39, 0.29) is 0 Å². The number of rotatable bonds is 7. The van der Waals surface area contributed by atoms with Gasteiger partial charge >= 0.3 is 0 Å². The van der Waals surface area contributed by atoms with Crippen molar-refractivity contribution in [2.45, 2.75) is 18.9 Å². The summed E-state index contributed by atoms with van der Waals surface area (Å²) < 4.78 is 16.0. The quantitative estimate of drug-likeness (QED) is 0.820. The lowest BCUT2D eigenvalue weighted by Gasteiger charge is -2.14. The maximum atomic E-state index is 5.42. The van der Waals surface area contributed by atoms with E-state index >= 15 is 0 Å². The highest BCUT2D eigenvalue weighted by Crippen LogP contribution is 2.40. The third kappa shape index (κ3) is 3.41. The van der Waals surface area contributed by atoms with Gasteiger partial charge in [-0.1, -0.05) is 12.2 Å². The van der Waals surface area contributed by atoms with E-state index in [2.05, 4.69) is 11.4 Å². The molecular formula is C15H21NO3. The van der Waals surface area contributed by atoms with Gasteiger partial charge in [0.2, 0.25) is 5.75 Å². The van der Waals surface area contributed by atoms with Crippen LogP contribution in [0.4, 0.5) is 0 Å². The van der Waals surface area contributed by atoms with Crippen molar-refractivity contribution in [2.24, 2.45) is 0 Å². The Labute approximate surface area is 114 Å². The minimum Gasteiger partial charge on any atom is -0.493 e. The van der Waals surface area contributed by atoms with Crippen LogP contribution < -0.4 is 19.5 Å². The van der Waals surface area contributed by atoms with Crippen LogP contribution in [-0.4, -0.2) is 33.9 Å². The minimum absolute atomic E-state index is 0.627. The first-order valence-electron chi connectivity index (χ1n) is 6.49. The first-order chi connectivity index (χ1) is 9.30. The topological polar surface area (TPSA) is 39.7 Å². The summed E-state index contributed by atoms with van der Waals surface area (Å²) in [5.74, 6) is 2.00. The summed E-state index contributed by atoms with van der Waals surface area (Å²) in [7, 11) is 4.87. The van der Waals surface area contributed by atoms with Crippen LogP contribution in [0.15, 0.2) is 18.2 Å². The average Bonchev–Trinajstić information content (AvgIpc) is 3.26. The lowest BCUT2D eigenvalue weighted by Crippen LogP contribution is -2.15. The molecule has 1 N–H and O–H groups in total. The summed E-state index contributed by atoms with van der Waals surface area (Å²) in [6.45, 7) is 0.877. The van der Waals surface area contributed by atoms with E-state index in [0.29, 0.717) is 17.2 Å². The summed E-state index contributed by atoms with van der Waals surface area (Å²) in [5, 5.41) is 3.43. The second-order valence-corrected chi connectivity index (χ2v) is 4.51. The summed E-state index contributed by atoms with van der Waals surface area (Å²) in [4.78, 5) is 0. The van der Waals surface area contributed by atoms with Crippen LogP contribution in [-0.2, 0) is 0 Å². The van der Waals surface area contributed by atoms with E-state index in [0.717, 1.165) is 18.2 Å². The molecule has 1 fully saturated rings. The highest BCUT2D eigenvalue weighted by Gasteiger charge is 2.19. The number of methoxy groups -OCH3 is 3. The van der Waals surface area contributed by atoms with Gasteiger partial charge in [-0.3, -0.25) is 0 Å². The lowest BCUT2D eigenvalue weighted by atomic mass is 10.1. The van der Waals surface area contributed by atoms with Gasteiger partial charge in [-0.2, -0.15) is 0 Å². The second kappa shape index (κ2) is 6.48. The Morgan fingerprint density at radius 2 is 1.84 bits per heavy atom. The molecule has 0 amide bonds. The molecule has 19 heavy (non-hydrogen) atoms. The fourth-order valence-corrected chi connectivity index (χ4v) is 1.96. The van der Waals surface area contributed by atoms with Gasteiger partial charge in [0.1, 0.15) is 0 Å². The van der Waals surface area contributed by atoms with E-state index < -0.39 is 0 Å². The zero-order valence-corrected chi connectivity index (χ0v) is 11.7. The molecule has 104 valence electrons.